The van der Waals surface area contributed by atoms with Gasteiger partial charge in [0.2, 0.25) is 11.6 Å². The van der Waals surface area contributed by atoms with Gasteiger partial charge >= 0.3 is 11.9 Å². The quantitative estimate of drug-likeness (QED) is 0.437. The molecule has 10 heteroatoms. The lowest BCUT2D eigenvalue weighted by Crippen LogP contribution is -2.31. The Morgan fingerprint density at radius 3 is 1.35 bits per heavy atom. The Bertz CT molecular complexity index is 1080. The molecule has 2 heterocycles. The predicted molar refractivity (Wildman–Crippen MR) is 117 cm³/mol. The Morgan fingerprint density at radius 1 is 0.735 bits per heavy atom. The molecule has 0 bridgehead atoms. The molecular weight excluding hydrogens is 444 g/mol. The van der Waals surface area contributed by atoms with E-state index in [0.717, 1.165) is 14.2 Å². The van der Waals surface area contributed by atoms with Gasteiger partial charge in [-0.05, 0) is 35.4 Å². The highest BCUT2D eigenvalue weighted by Crippen LogP contribution is 2.40. The summed E-state index contributed by atoms with van der Waals surface area (Å²) in [6.45, 7) is 0. The lowest BCUT2D eigenvalue weighted by molar-refractivity contribution is -0.142. The number of allylic oxidation sites excluding steroid dienone is 2. The Hall–Kier alpha value is -4.34. The van der Waals surface area contributed by atoms with Crippen LogP contribution in [0, 0.1) is 0 Å². The van der Waals surface area contributed by atoms with Gasteiger partial charge in [-0.15, -0.1) is 0 Å². The second-order valence-electron chi connectivity index (χ2n) is 7.41. The van der Waals surface area contributed by atoms with E-state index in [1.807, 2.05) is 0 Å². The van der Waals surface area contributed by atoms with E-state index in [9.17, 15) is 29.4 Å². The third kappa shape index (κ3) is 4.85. The minimum Gasteiger partial charge on any atom is -0.504 e. The number of pyridine rings is 2. The Morgan fingerprint density at radius 2 is 1.06 bits per heavy atom. The number of esters is 2. The number of hydrogen-bond donors (Lipinski definition) is 2. The molecular formula is C24H22N2O8. The number of carbonyl (C=O) groups excluding carboxylic acids is 4. The summed E-state index contributed by atoms with van der Waals surface area (Å²) in [5.41, 5.74) is -0.0945. The average Bonchev–Trinajstić information content (AvgIpc) is 2.87. The van der Waals surface area contributed by atoms with E-state index < -0.39 is 58.0 Å². The summed E-state index contributed by atoms with van der Waals surface area (Å²) in [6, 6.07) is 6.05. The van der Waals surface area contributed by atoms with Gasteiger partial charge in [0.05, 0.1) is 38.2 Å². The number of methoxy groups -OCH3 is 2. The van der Waals surface area contributed by atoms with E-state index in [0.29, 0.717) is 11.1 Å². The molecule has 0 saturated carbocycles. The zero-order valence-corrected chi connectivity index (χ0v) is 18.4. The topological polar surface area (TPSA) is 153 Å². The SMILES string of the molecule is COC(=O)C[C@H](C1=C(O)C(=O)C([C@@H](CC(=O)OC)c2ccncc2)=C(O)C1=O)c1ccncc1. The van der Waals surface area contributed by atoms with Crippen molar-refractivity contribution in [2.45, 2.75) is 24.7 Å². The van der Waals surface area contributed by atoms with Gasteiger partial charge in [-0.3, -0.25) is 29.1 Å². The number of carbonyl (C=O) groups is 4. The molecule has 0 aromatic carbocycles. The molecule has 0 aliphatic heterocycles. The number of aliphatic hydroxyl groups is 2. The second-order valence-corrected chi connectivity index (χ2v) is 7.41. The number of ketones is 2. The number of nitrogens with zero attached hydrogens (tertiary/aromatic N) is 2. The van der Waals surface area contributed by atoms with E-state index in [-0.39, 0.29) is 12.8 Å². The van der Waals surface area contributed by atoms with Crippen LogP contribution in [0.1, 0.15) is 35.8 Å². The first-order valence-electron chi connectivity index (χ1n) is 10.2. The lowest BCUT2D eigenvalue weighted by atomic mass is 9.76. The van der Waals surface area contributed by atoms with Gasteiger partial charge in [0.25, 0.3) is 0 Å². The van der Waals surface area contributed by atoms with Crippen LogP contribution in [0.25, 0.3) is 0 Å². The van der Waals surface area contributed by atoms with Crippen LogP contribution in [0.3, 0.4) is 0 Å². The Balaban J connectivity index is 2.13. The zero-order valence-electron chi connectivity index (χ0n) is 18.4. The molecule has 0 unspecified atom stereocenters. The molecule has 2 atom stereocenters. The first kappa shape index (κ1) is 24.3. The summed E-state index contributed by atoms with van der Waals surface area (Å²) >= 11 is 0. The van der Waals surface area contributed by atoms with Crippen LogP contribution in [0.5, 0.6) is 0 Å². The molecule has 0 saturated heterocycles. The van der Waals surface area contributed by atoms with Crippen molar-refractivity contribution in [3.63, 3.8) is 0 Å². The molecule has 1 aliphatic rings. The van der Waals surface area contributed by atoms with Crippen molar-refractivity contribution in [2.75, 3.05) is 14.2 Å². The van der Waals surface area contributed by atoms with E-state index >= 15 is 0 Å². The van der Waals surface area contributed by atoms with E-state index in [1.54, 1.807) is 0 Å². The lowest BCUT2D eigenvalue weighted by Gasteiger charge is -2.27. The van der Waals surface area contributed by atoms with Crippen molar-refractivity contribution >= 4 is 23.5 Å². The van der Waals surface area contributed by atoms with Gasteiger partial charge in [-0.25, -0.2) is 0 Å². The maximum atomic E-state index is 13.3. The highest BCUT2D eigenvalue weighted by Gasteiger charge is 2.43. The first-order valence-corrected chi connectivity index (χ1v) is 10.2. The van der Waals surface area contributed by atoms with Gasteiger partial charge in [-0.1, -0.05) is 0 Å². The molecule has 2 N–H and O–H groups in total. The highest BCUT2D eigenvalue weighted by molar-refractivity contribution is 6.24. The summed E-state index contributed by atoms with van der Waals surface area (Å²) in [6.07, 6.45) is 4.92. The van der Waals surface area contributed by atoms with Crippen molar-refractivity contribution < 1.29 is 38.9 Å². The minimum absolute atomic E-state index is 0.377. The van der Waals surface area contributed by atoms with Crippen LogP contribution in [0.15, 0.2) is 71.7 Å². The van der Waals surface area contributed by atoms with Crippen LogP contribution in [0.4, 0.5) is 0 Å². The fraction of sp³-hybridized carbons (Fsp3) is 0.250. The number of aliphatic hydroxyl groups excluding tert-OH is 2. The van der Waals surface area contributed by atoms with Crippen LogP contribution in [0.2, 0.25) is 0 Å². The van der Waals surface area contributed by atoms with Crippen molar-refractivity contribution in [1.29, 1.82) is 0 Å². The fourth-order valence-electron chi connectivity index (χ4n) is 3.83. The maximum absolute atomic E-state index is 13.3. The standard InChI is InChI=1S/C24H22N2O8/c1-33-17(27)11-15(13-3-7-25-8-4-13)19-21(29)23(31)20(24(32)22(19)30)16(12-18(28)34-2)14-5-9-26-10-6-14/h3-10,15-16,29,32H,11-12H2,1-2H3/t15-,16-/m0/s1. The summed E-state index contributed by atoms with van der Waals surface area (Å²) in [4.78, 5) is 58.5. The van der Waals surface area contributed by atoms with E-state index in [2.05, 4.69) is 9.97 Å². The molecule has 1 aliphatic carbocycles. The Labute approximate surface area is 194 Å². The second kappa shape index (κ2) is 10.5. The number of hydrogen-bond acceptors (Lipinski definition) is 10. The maximum Gasteiger partial charge on any atom is 0.306 e. The smallest absolute Gasteiger partial charge is 0.306 e. The molecule has 0 fully saturated rings. The molecule has 176 valence electrons. The summed E-state index contributed by atoms with van der Waals surface area (Å²) in [7, 11) is 2.32. The van der Waals surface area contributed by atoms with E-state index in [1.165, 1.54) is 49.1 Å². The Kier molecular flexibility index (Phi) is 7.52. The first-order chi connectivity index (χ1) is 16.3. The molecule has 0 radical (unpaired) electrons. The summed E-state index contributed by atoms with van der Waals surface area (Å²) < 4.78 is 9.41. The average molecular weight is 466 g/mol. The molecule has 2 aromatic heterocycles. The van der Waals surface area contributed by atoms with Crippen LogP contribution in [-0.4, -0.2) is 57.9 Å². The molecule has 2 aromatic rings. The van der Waals surface area contributed by atoms with Crippen molar-refractivity contribution in [3.05, 3.63) is 82.8 Å². The van der Waals surface area contributed by atoms with Gasteiger partial charge < -0.3 is 19.7 Å². The van der Waals surface area contributed by atoms with Crippen LogP contribution in [-0.2, 0) is 28.7 Å². The number of aromatic nitrogens is 2. The fourth-order valence-corrected chi connectivity index (χ4v) is 3.83. The van der Waals surface area contributed by atoms with Crippen molar-refractivity contribution in [2.24, 2.45) is 0 Å². The largest absolute Gasteiger partial charge is 0.504 e. The van der Waals surface area contributed by atoms with Gasteiger partial charge in [0, 0.05) is 36.6 Å². The molecule has 10 nitrogen and oxygen atoms in total. The molecule has 34 heavy (non-hydrogen) atoms. The highest BCUT2D eigenvalue weighted by atomic mass is 16.5. The minimum atomic E-state index is -1.09. The van der Waals surface area contributed by atoms with Gasteiger partial charge in [-0.2, -0.15) is 0 Å². The summed E-state index contributed by atoms with van der Waals surface area (Å²) in [5.74, 6) is -7.50. The van der Waals surface area contributed by atoms with E-state index in [4.69, 9.17) is 9.47 Å². The third-order valence-electron chi connectivity index (χ3n) is 5.54. The van der Waals surface area contributed by atoms with Gasteiger partial charge in [0.1, 0.15) is 0 Å². The molecule has 0 amide bonds. The monoisotopic (exact) mass is 466 g/mol. The van der Waals surface area contributed by atoms with Gasteiger partial charge in [0.15, 0.2) is 11.5 Å². The number of Topliss-reactive ketones (excluding diaryl/α,β-unsaturated/α-hetero) is 2. The normalized spacial score (nSPS) is 15.7. The predicted octanol–water partition coefficient (Wildman–Crippen LogP) is 2.25. The summed E-state index contributed by atoms with van der Waals surface area (Å²) in [5, 5.41) is 21.7. The van der Waals surface area contributed by atoms with Crippen molar-refractivity contribution in [1.82, 2.24) is 9.97 Å². The number of ether oxygens (including phenoxy) is 2. The van der Waals surface area contributed by atoms with Crippen LogP contribution >= 0.6 is 0 Å². The molecule has 3 rings (SSSR count). The van der Waals surface area contributed by atoms with Crippen LogP contribution < -0.4 is 0 Å². The van der Waals surface area contributed by atoms with Crippen molar-refractivity contribution in [3.8, 4) is 0 Å². The molecule has 0 spiro atoms. The third-order valence-corrected chi connectivity index (χ3v) is 5.54. The number of rotatable bonds is 8. The zero-order chi connectivity index (χ0) is 24.8.